The van der Waals surface area contributed by atoms with E-state index in [9.17, 15) is 0 Å². The standard InChI is InChI=1S/C15H17N3/c1-2-15(17)14-6-7-18(11-14)10-13-5-3-4-12(8-13)9-16/h3-8,11,15H,2,10,17H2,1H3. The molecule has 0 saturated heterocycles. The Labute approximate surface area is 107 Å². The maximum Gasteiger partial charge on any atom is 0.0991 e. The predicted molar refractivity (Wildman–Crippen MR) is 71.9 cm³/mol. The molecule has 3 nitrogen and oxygen atoms in total. The van der Waals surface area contributed by atoms with Crippen LogP contribution < -0.4 is 5.73 Å². The number of hydrogen-bond donors (Lipinski definition) is 1. The second kappa shape index (κ2) is 5.52. The minimum atomic E-state index is 0.108. The molecule has 1 atom stereocenters. The summed E-state index contributed by atoms with van der Waals surface area (Å²) in [5.74, 6) is 0. The van der Waals surface area contributed by atoms with Crippen molar-refractivity contribution in [2.75, 3.05) is 0 Å². The Morgan fingerprint density at radius 2 is 2.22 bits per heavy atom. The van der Waals surface area contributed by atoms with E-state index in [0.29, 0.717) is 5.56 Å². The minimum absolute atomic E-state index is 0.108. The molecule has 0 aliphatic rings. The fourth-order valence-corrected chi connectivity index (χ4v) is 1.96. The summed E-state index contributed by atoms with van der Waals surface area (Å²) in [6.07, 6.45) is 5.05. The van der Waals surface area contributed by atoms with Gasteiger partial charge in [-0.1, -0.05) is 19.1 Å². The summed E-state index contributed by atoms with van der Waals surface area (Å²) < 4.78 is 2.10. The van der Waals surface area contributed by atoms with E-state index in [1.54, 1.807) is 0 Å². The molecule has 0 radical (unpaired) electrons. The van der Waals surface area contributed by atoms with Crippen molar-refractivity contribution in [1.29, 1.82) is 5.26 Å². The first-order chi connectivity index (χ1) is 8.72. The third-order valence-corrected chi connectivity index (χ3v) is 3.06. The molecule has 0 amide bonds. The Balaban J connectivity index is 2.14. The summed E-state index contributed by atoms with van der Waals surface area (Å²) in [5.41, 5.74) is 8.98. The van der Waals surface area contributed by atoms with E-state index in [1.807, 2.05) is 30.5 Å². The summed E-state index contributed by atoms with van der Waals surface area (Å²) in [5, 5.41) is 8.86. The zero-order valence-electron chi connectivity index (χ0n) is 10.5. The zero-order valence-corrected chi connectivity index (χ0v) is 10.5. The molecule has 2 rings (SSSR count). The number of rotatable bonds is 4. The Morgan fingerprint density at radius 1 is 1.39 bits per heavy atom. The van der Waals surface area contributed by atoms with Gasteiger partial charge in [0, 0.05) is 25.0 Å². The Bertz CT molecular complexity index is 563. The third kappa shape index (κ3) is 2.79. The van der Waals surface area contributed by atoms with Gasteiger partial charge in [-0.25, -0.2) is 0 Å². The lowest BCUT2D eigenvalue weighted by Gasteiger charge is -2.06. The van der Waals surface area contributed by atoms with Gasteiger partial charge >= 0.3 is 0 Å². The highest BCUT2D eigenvalue weighted by Crippen LogP contribution is 2.15. The van der Waals surface area contributed by atoms with Gasteiger partial charge in [0.25, 0.3) is 0 Å². The highest BCUT2D eigenvalue weighted by Gasteiger charge is 2.05. The molecule has 3 heteroatoms. The van der Waals surface area contributed by atoms with Crippen molar-refractivity contribution < 1.29 is 0 Å². The lowest BCUT2D eigenvalue weighted by Crippen LogP contribution is -2.07. The summed E-state index contributed by atoms with van der Waals surface area (Å²) in [6, 6.07) is 12.0. The second-order valence-electron chi connectivity index (χ2n) is 4.44. The highest BCUT2D eigenvalue weighted by atomic mass is 14.9. The van der Waals surface area contributed by atoms with Crippen LogP contribution in [0.4, 0.5) is 0 Å². The van der Waals surface area contributed by atoms with Crippen LogP contribution in [-0.2, 0) is 6.54 Å². The molecule has 1 aromatic heterocycles. The lowest BCUT2D eigenvalue weighted by atomic mass is 10.1. The van der Waals surface area contributed by atoms with Gasteiger partial charge in [-0.05, 0) is 35.7 Å². The van der Waals surface area contributed by atoms with Crippen molar-refractivity contribution in [2.45, 2.75) is 25.9 Å². The van der Waals surface area contributed by atoms with Gasteiger partial charge in [0.05, 0.1) is 11.6 Å². The Morgan fingerprint density at radius 3 is 2.94 bits per heavy atom. The number of nitrogens with two attached hydrogens (primary N) is 1. The summed E-state index contributed by atoms with van der Waals surface area (Å²) in [7, 11) is 0. The summed E-state index contributed by atoms with van der Waals surface area (Å²) in [6.45, 7) is 2.85. The van der Waals surface area contributed by atoms with E-state index in [-0.39, 0.29) is 6.04 Å². The van der Waals surface area contributed by atoms with Crippen LogP contribution in [0, 0.1) is 11.3 Å². The molecule has 0 spiro atoms. The van der Waals surface area contributed by atoms with Crippen LogP contribution in [0.5, 0.6) is 0 Å². The number of nitriles is 1. The topological polar surface area (TPSA) is 54.7 Å². The fourth-order valence-electron chi connectivity index (χ4n) is 1.96. The van der Waals surface area contributed by atoms with Gasteiger partial charge in [-0.2, -0.15) is 5.26 Å². The molecule has 2 aromatic rings. The van der Waals surface area contributed by atoms with Crippen molar-refractivity contribution in [3.63, 3.8) is 0 Å². The molecule has 1 unspecified atom stereocenters. The van der Waals surface area contributed by atoms with Gasteiger partial charge in [0.1, 0.15) is 0 Å². The van der Waals surface area contributed by atoms with Crippen LogP contribution in [0.15, 0.2) is 42.7 Å². The van der Waals surface area contributed by atoms with Crippen LogP contribution >= 0.6 is 0 Å². The molecule has 2 N–H and O–H groups in total. The molecular weight excluding hydrogens is 222 g/mol. The SMILES string of the molecule is CCC(N)c1ccn(Cc2cccc(C#N)c2)c1. The van der Waals surface area contributed by atoms with Crippen molar-refractivity contribution in [1.82, 2.24) is 4.57 Å². The van der Waals surface area contributed by atoms with E-state index < -0.39 is 0 Å². The van der Waals surface area contributed by atoms with E-state index in [1.165, 1.54) is 0 Å². The minimum Gasteiger partial charge on any atom is -0.350 e. The van der Waals surface area contributed by atoms with Crippen molar-refractivity contribution in [2.24, 2.45) is 5.73 Å². The second-order valence-corrected chi connectivity index (χ2v) is 4.44. The van der Waals surface area contributed by atoms with Crippen molar-refractivity contribution >= 4 is 0 Å². The number of hydrogen-bond acceptors (Lipinski definition) is 2. The van der Waals surface area contributed by atoms with Gasteiger partial charge in [0.2, 0.25) is 0 Å². The number of aromatic nitrogens is 1. The number of benzene rings is 1. The normalized spacial score (nSPS) is 12.1. The van der Waals surface area contributed by atoms with Gasteiger partial charge in [0.15, 0.2) is 0 Å². The zero-order chi connectivity index (χ0) is 13.0. The molecule has 0 fully saturated rings. The summed E-state index contributed by atoms with van der Waals surface area (Å²) in [4.78, 5) is 0. The molecule has 0 aliphatic carbocycles. The maximum atomic E-state index is 8.86. The first kappa shape index (κ1) is 12.4. The molecular formula is C15H17N3. The van der Waals surface area contributed by atoms with Gasteiger partial charge < -0.3 is 10.3 Å². The third-order valence-electron chi connectivity index (χ3n) is 3.06. The quantitative estimate of drug-likeness (QED) is 0.892. The monoisotopic (exact) mass is 239 g/mol. The first-order valence-corrected chi connectivity index (χ1v) is 6.13. The molecule has 1 heterocycles. The highest BCUT2D eigenvalue weighted by molar-refractivity contribution is 5.33. The lowest BCUT2D eigenvalue weighted by molar-refractivity contribution is 0.693. The van der Waals surface area contributed by atoms with Crippen LogP contribution in [0.1, 0.15) is 36.1 Å². The van der Waals surface area contributed by atoms with E-state index in [4.69, 9.17) is 11.0 Å². The molecule has 18 heavy (non-hydrogen) atoms. The smallest absolute Gasteiger partial charge is 0.0991 e. The summed E-state index contributed by atoms with van der Waals surface area (Å²) >= 11 is 0. The molecule has 92 valence electrons. The van der Waals surface area contributed by atoms with E-state index >= 15 is 0 Å². The van der Waals surface area contributed by atoms with E-state index in [0.717, 1.165) is 24.1 Å². The molecule has 0 saturated carbocycles. The van der Waals surface area contributed by atoms with Crippen molar-refractivity contribution in [3.05, 3.63) is 59.4 Å². The van der Waals surface area contributed by atoms with Gasteiger partial charge in [-0.3, -0.25) is 0 Å². The Kier molecular flexibility index (Phi) is 3.81. The first-order valence-electron chi connectivity index (χ1n) is 6.13. The average molecular weight is 239 g/mol. The molecule has 0 bridgehead atoms. The predicted octanol–water partition coefficient (Wildman–Crippen LogP) is 2.82. The average Bonchev–Trinajstić information content (AvgIpc) is 2.86. The fraction of sp³-hybridized carbons (Fsp3) is 0.267. The van der Waals surface area contributed by atoms with Crippen molar-refractivity contribution in [3.8, 4) is 6.07 Å². The van der Waals surface area contributed by atoms with E-state index in [2.05, 4.69) is 29.8 Å². The Hall–Kier alpha value is -2.05. The van der Waals surface area contributed by atoms with Crippen LogP contribution in [0.3, 0.4) is 0 Å². The maximum absolute atomic E-state index is 8.86. The van der Waals surface area contributed by atoms with Crippen LogP contribution in [-0.4, -0.2) is 4.57 Å². The molecule has 0 aliphatic heterocycles. The number of nitrogens with zero attached hydrogens (tertiary/aromatic N) is 2. The van der Waals surface area contributed by atoms with Crippen LogP contribution in [0.2, 0.25) is 0 Å². The van der Waals surface area contributed by atoms with Gasteiger partial charge in [-0.15, -0.1) is 0 Å². The van der Waals surface area contributed by atoms with Crippen LogP contribution in [0.25, 0.3) is 0 Å². The largest absolute Gasteiger partial charge is 0.350 e. The molecule has 1 aromatic carbocycles.